The number of rotatable bonds is 8. The van der Waals surface area contributed by atoms with Gasteiger partial charge in [-0.25, -0.2) is 0 Å². The number of likely N-dealkylation sites (tertiary alicyclic amines) is 1. The van der Waals surface area contributed by atoms with Crippen LogP contribution in [0.1, 0.15) is 30.4 Å². The van der Waals surface area contributed by atoms with E-state index in [9.17, 15) is 9.90 Å². The minimum Gasteiger partial charge on any atom is -0.477 e. The van der Waals surface area contributed by atoms with E-state index in [1.807, 2.05) is 12.1 Å². The van der Waals surface area contributed by atoms with Gasteiger partial charge in [0.05, 0.1) is 24.2 Å². The Morgan fingerprint density at radius 1 is 1.37 bits per heavy atom. The third-order valence-corrected chi connectivity index (χ3v) is 7.45. The fourth-order valence-corrected chi connectivity index (χ4v) is 6.21. The zero-order chi connectivity index (χ0) is 20.9. The number of aliphatic hydroxyl groups is 1. The van der Waals surface area contributed by atoms with E-state index in [-0.39, 0.29) is 18.6 Å². The molecule has 1 aromatic carbocycles. The topological polar surface area (TPSA) is 77.5 Å². The van der Waals surface area contributed by atoms with Gasteiger partial charge in [-0.1, -0.05) is 12.1 Å². The van der Waals surface area contributed by atoms with Gasteiger partial charge in [0.25, 0.3) is 0 Å². The highest BCUT2D eigenvalue weighted by molar-refractivity contribution is 5.90. The lowest BCUT2D eigenvalue weighted by molar-refractivity contribution is -0.187. The third-order valence-electron chi connectivity index (χ3n) is 7.45. The first kappa shape index (κ1) is 20.0. The van der Waals surface area contributed by atoms with E-state index in [4.69, 9.17) is 18.9 Å². The summed E-state index contributed by atoms with van der Waals surface area (Å²) in [6.07, 6.45) is 3.44. The van der Waals surface area contributed by atoms with Crippen molar-refractivity contribution in [2.75, 3.05) is 40.2 Å². The summed E-state index contributed by atoms with van der Waals surface area (Å²) in [7, 11) is 1.62. The van der Waals surface area contributed by atoms with Crippen LogP contribution in [0.2, 0.25) is 0 Å². The van der Waals surface area contributed by atoms with Crippen LogP contribution >= 0.6 is 0 Å². The van der Waals surface area contributed by atoms with Crippen LogP contribution in [-0.4, -0.2) is 73.7 Å². The maximum Gasteiger partial charge on any atom is 0.189 e. The van der Waals surface area contributed by atoms with Crippen molar-refractivity contribution in [2.45, 2.75) is 48.8 Å². The highest BCUT2D eigenvalue weighted by atomic mass is 16.7. The summed E-state index contributed by atoms with van der Waals surface area (Å²) in [6.45, 7) is 6.42. The summed E-state index contributed by atoms with van der Waals surface area (Å²) in [5.41, 5.74) is 0.410. The second kappa shape index (κ2) is 7.34. The van der Waals surface area contributed by atoms with Crippen LogP contribution in [0.5, 0.6) is 11.5 Å². The predicted octanol–water partition coefficient (Wildman–Crippen LogP) is 1.60. The van der Waals surface area contributed by atoms with E-state index in [2.05, 4.69) is 17.5 Å². The molecule has 1 spiro atoms. The van der Waals surface area contributed by atoms with E-state index < -0.39 is 17.1 Å². The van der Waals surface area contributed by atoms with Crippen LogP contribution in [0.3, 0.4) is 0 Å². The average molecular weight is 415 g/mol. The Hall–Kier alpha value is -1.93. The highest BCUT2D eigenvalue weighted by Crippen LogP contribution is 2.64. The van der Waals surface area contributed by atoms with Gasteiger partial charge in [0.15, 0.2) is 30.2 Å². The average Bonchev–Trinajstić information content (AvgIpc) is 3.09. The molecule has 1 N–H and O–H groups in total. The molecule has 5 rings (SSSR count). The van der Waals surface area contributed by atoms with Crippen LogP contribution in [-0.2, 0) is 26.1 Å². The van der Waals surface area contributed by atoms with Gasteiger partial charge in [0.2, 0.25) is 0 Å². The zero-order valence-corrected chi connectivity index (χ0v) is 17.4. The fourth-order valence-electron chi connectivity index (χ4n) is 6.21. The van der Waals surface area contributed by atoms with Crippen LogP contribution in [0.4, 0.5) is 0 Å². The monoisotopic (exact) mass is 415 g/mol. The Morgan fingerprint density at radius 3 is 3.03 bits per heavy atom. The first-order chi connectivity index (χ1) is 14.6. The Morgan fingerprint density at radius 2 is 2.23 bits per heavy atom. The van der Waals surface area contributed by atoms with Crippen molar-refractivity contribution in [1.82, 2.24) is 4.90 Å². The number of methoxy groups -OCH3 is 1. The maximum absolute atomic E-state index is 13.0. The van der Waals surface area contributed by atoms with E-state index in [1.54, 1.807) is 7.11 Å². The molecule has 1 saturated heterocycles. The smallest absolute Gasteiger partial charge is 0.189 e. The van der Waals surface area contributed by atoms with Gasteiger partial charge in [-0.05, 0) is 30.9 Å². The molecule has 2 bridgehead atoms. The molecule has 0 aromatic heterocycles. The van der Waals surface area contributed by atoms with Gasteiger partial charge in [-0.2, -0.15) is 0 Å². The quantitative estimate of drug-likeness (QED) is 0.393. The highest BCUT2D eigenvalue weighted by Gasteiger charge is 2.73. The number of piperidine rings is 1. The van der Waals surface area contributed by atoms with Crippen LogP contribution in [0.25, 0.3) is 0 Å². The molecule has 2 unspecified atom stereocenters. The molecule has 2 aliphatic heterocycles. The minimum absolute atomic E-state index is 0.0500. The molecule has 7 nitrogen and oxygen atoms in total. The van der Waals surface area contributed by atoms with Crippen molar-refractivity contribution in [3.05, 3.63) is 35.9 Å². The largest absolute Gasteiger partial charge is 0.477 e. The van der Waals surface area contributed by atoms with E-state index in [0.29, 0.717) is 44.0 Å². The van der Waals surface area contributed by atoms with Crippen molar-refractivity contribution < 1.29 is 28.8 Å². The molecule has 1 aromatic rings. The van der Waals surface area contributed by atoms with Crippen molar-refractivity contribution in [3.8, 4) is 11.5 Å². The molecular weight excluding hydrogens is 386 g/mol. The van der Waals surface area contributed by atoms with Crippen molar-refractivity contribution in [1.29, 1.82) is 0 Å². The van der Waals surface area contributed by atoms with Crippen LogP contribution in [0.15, 0.2) is 24.8 Å². The lowest BCUT2D eigenvalue weighted by Crippen LogP contribution is -2.76. The standard InChI is InChI=1S/C23H29NO6/c1-3-9-24-10-8-22-19-15-4-5-17(29-14-28-12-11-27-2)20(19)30-21(22)16(25)6-7-23(22,26)18(24)13-15/h3-5,18,21,26H,1,6-14H2,2H3/t18?,21?,22-,23+/m0/s1. The number of Topliss-reactive ketones (excluding diaryl/α,β-unsaturated/α-hetero) is 1. The minimum atomic E-state index is -1.00. The Labute approximate surface area is 176 Å². The SMILES string of the molecule is C=CCN1CC[C@]23c4c5ccc(OCOCCOC)c4OC2C(=O)CC[C@@]3(O)C1C5. The van der Waals surface area contributed by atoms with E-state index >= 15 is 0 Å². The van der Waals surface area contributed by atoms with Gasteiger partial charge >= 0.3 is 0 Å². The Bertz CT molecular complexity index is 871. The van der Waals surface area contributed by atoms with Crippen molar-refractivity contribution in [3.63, 3.8) is 0 Å². The summed E-state index contributed by atoms with van der Waals surface area (Å²) in [5, 5.41) is 12.1. The molecule has 2 aliphatic carbocycles. The van der Waals surface area contributed by atoms with Gasteiger partial charge in [-0.3, -0.25) is 9.69 Å². The number of hydrogen-bond donors (Lipinski definition) is 1. The van der Waals surface area contributed by atoms with Crippen LogP contribution < -0.4 is 9.47 Å². The number of hydrogen-bond acceptors (Lipinski definition) is 7. The lowest BCUT2D eigenvalue weighted by atomic mass is 9.49. The summed E-state index contributed by atoms with van der Waals surface area (Å²) in [6, 6.07) is 3.90. The fraction of sp³-hybridized carbons (Fsp3) is 0.609. The first-order valence-electron chi connectivity index (χ1n) is 10.7. The molecule has 0 radical (unpaired) electrons. The number of carbonyl (C=O) groups excluding carboxylic acids is 1. The molecule has 0 amide bonds. The molecule has 4 aliphatic rings. The van der Waals surface area contributed by atoms with E-state index in [1.165, 1.54) is 0 Å². The number of carbonyl (C=O) groups is 1. The number of ether oxygens (including phenoxy) is 4. The van der Waals surface area contributed by atoms with Gasteiger partial charge in [0.1, 0.15) is 0 Å². The predicted molar refractivity (Wildman–Crippen MR) is 109 cm³/mol. The van der Waals surface area contributed by atoms with E-state index in [0.717, 1.165) is 30.6 Å². The summed E-state index contributed by atoms with van der Waals surface area (Å²) in [4.78, 5) is 15.3. The summed E-state index contributed by atoms with van der Waals surface area (Å²) in [5.74, 6) is 1.25. The molecular formula is C23H29NO6. The molecule has 7 heteroatoms. The third kappa shape index (κ3) is 2.56. The van der Waals surface area contributed by atoms with Crippen molar-refractivity contribution in [2.24, 2.45) is 0 Å². The van der Waals surface area contributed by atoms with Gasteiger partial charge in [-0.15, -0.1) is 6.58 Å². The van der Waals surface area contributed by atoms with Gasteiger partial charge in [0, 0.05) is 38.2 Å². The lowest BCUT2D eigenvalue weighted by Gasteiger charge is -2.62. The number of nitrogens with zero attached hydrogens (tertiary/aromatic N) is 1. The molecule has 1 saturated carbocycles. The molecule has 30 heavy (non-hydrogen) atoms. The zero-order valence-electron chi connectivity index (χ0n) is 17.4. The molecule has 162 valence electrons. The summed E-state index contributed by atoms with van der Waals surface area (Å²) < 4.78 is 22.6. The summed E-state index contributed by atoms with van der Waals surface area (Å²) >= 11 is 0. The second-order valence-electron chi connectivity index (χ2n) is 8.70. The Kier molecular flexibility index (Phi) is 4.89. The molecule has 2 fully saturated rings. The molecule has 2 heterocycles. The number of benzene rings is 1. The van der Waals surface area contributed by atoms with Gasteiger partial charge < -0.3 is 24.1 Å². The maximum atomic E-state index is 13.0. The molecule has 4 atom stereocenters. The second-order valence-corrected chi connectivity index (χ2v) is 8.70. The Balaban J connectivity index is 1.55. The first-order valence-corrected chi connectivity index (χ1v) is 10.7. The number of ketones is 1. The van der Waals surface area contributed by atoms with Crippen molar-refractivity contribution >= 4 is 5.78 Å². The normalized spacial score (nSPS) is 33.7. The van der Waals surface area contributed by atoms with Crippen LogP contribution in [0, 0.1) is 0 Å².